The topological polar surface area (TPSA) is 298 Å². The SMILES string of the molecule is CCOC(Oc1nc(N)c2ncn([C@@H]3O[C@H](CO)[C@@H](O)[C@H]3O)c2n1)c1nc(N)c2ncn([C@@H]3O[C@H](CO)[C@@H](O)[C@H]3O)c2n1. The molecule has 0 bridgehead atoms. The summed E-state index contributed by atoms with van der Waals surface area (Å²) >= 11 is 0. The summed E-state index contributed by atoms with van der Waals surface area (Å²) in [4.78, 5) is 25.6. The number of hydrogen-bond donors (Lipinski definition) is 8. The zero-order chi connectivity index (χ0) is 30.6. The monoisotopic (exact) mass is 606 g/mol. The maximum Gasteiger partial charge on any atom is 0.323 e. The number of imidazole rings is 2. The number of fused-ring (bicyclic) bond motifs is 2. The second kappa shape index (κ2) is 11.3. The first-order valence-corrected chi connectivity index (χ1v) is 13.2. The number of nitrogen functional groups attached to an aromatic ring is 2. The van der Waals surface area contributed by atoms with E-state index in [1.807, 2.05) is 0 Å². The molecule has 2 saturated heterocycles. The fourth-order valence-corrected chi connectivity index (χ4v) is 5.03. The van der Waals surface area contributed by atoms with Crippen LogP contribution in [0.4, 0.5) is 11.6 Å². The van der Waals surface area contributed by atoms with Crippen molar-refractivity contribution in [3.63, 3.8) is 0 Å². The van der Waals surface area contributed by atoms with Crippen molar-refractivity contribution in [2.75, 3.05) is 31.3 Å². The van der Waals surface area contributed by atoms with Crippen molar-refractivity contribution in [3.8, 4) is 6.01 Å². The minimum absolute atomic E-state index is 0.0582. The van der Waals surface area contributed by atoms with Crippen LogP contribution in [-0.2, 0) is 14.2 Å². The van der Waals surface area contributed by atoms with Crippen molar-refractivity contribution >= 4 is 34.0 Å². The van der Waals surface area contributed by atoms with Gasteiger partial charge in [0.1, 0.15) is 42.1 Å². The summed E-state index contributed by atoms with van der Waals surface area (Å²) in [6.45, 7) is 0.767. The maximum atomic E-state index is 10.5. The number of ether oxygens (including phenoxy) is 4. The normalized spacial score (nSPS) is 30.0. The number of aromatic nitrogens is 8. The van der Waals surface area contributed by atoms with Crippen molar-refractivity contribution in [1.82, 2.24) is 39.0 Å². The Bertz CT molecular complexity index is 1620. The van der Waals surface area contributed by atoms with E-state index < -0.39 is 68.6 Å². The summed E-state index contributed by atoms with van der Waals surface area (Å²) in [5.41, 5.74) is 12.8. The lowest BCUT2D eigenvalue weighted by molar-refractivity contribution is -0.0887. The third-order valence-corrected chi connectivity index (χ3v) is 7.22. The second-order valence-corrected chi connectivity index (χ2v) is 9.87. The van der Waals surface area contributed by atoms with Crippen molar-refractivity contribution < 1.29 is 49.6 Å². The molecule has 0 radical (unpaired) electrons. The third kappa shape index (κ3) is 4.87. The van der Waals surface area contributed by atoms with Crippen LogP contribution in [-0.4, -0.2) is 126 Å². The highest BCUT2D eigenvalue weighted by atomic mass is 16.7. The Kier molecular flexibility index (Phi) is 7.70. The van der Waals surface area contributed by atoms with Crippen molar-refractivity contribution in [1.29, 1.82) is 0 Å². The molecule has 0 aromatic carbocycles. The van der Waals surface area contributed by atoms with Gasteiger partial charge in [0.05, 0.1) is 25.9 Å². The molecule has 0 aliphatic carbocycles. The Morgan fingerprint density at radius 2 is 1.30 bits per heavy atom. The van der Waals surface area contributed by atoms with Crippen molar-refractivity contribution in [2.45, 2.75) is 62.3 Å². The minimum atomic E-state index is -1.41. The fraction of sp³-hybridized carbons (Fsp3) is 0.565. The van der Waals surface area contributed by atoms with Crippen LogP contribution in [0.5, 0.6) is 6.01 Å². The van der Waals surface area contributed by atoms with E-state index >= 15 is 0 Å². The predicted molar refractivity (Wildman–Crippen MR) is 140 cm³/mol. The van der Waals surface area contributed by atoms with Gasteiger partial charge in [0, 0.05) is 6.61 Å². The predicted octanol–water partition coefficient (Wildman–Crippen LogP) is -3.53. The molecule has 4 aromatic heterocycles. The van der Waals surface area contributed by atoms with Gasteiger partial charge < -0.3 is 61.1 Å². The molecule has 10 N–H and O–H groups in total. The number of hydrogen-bond acceptors (Lipinski definition) is 18. The van der Waals surface area contributed by atoms with Gasteiger partial charge in [0.15, 0.2) is 40.9 Å². The van der Waals surface area contributed by atoms with E-state index in [9.17, 15) is 30.6 Å². The van der Waals surface area contributed by atoms with Crippen LogP contribution in [0.25, 0.3) is 22.3 Å². The zero-order valence-electron chi connectivity index (χ0n) is 22.5. The molecule has 43 heavy (non-hydrogen) atoms. The summed E-state index contributed by atoms with van der Waals surface area (Å²) in [7, 11) is 0. The van der Waals surface area contributed by atoms with Gasteiger partial charge in [-0.25, -0.2) is 19.9 Å². The smallest absolute Gasteiger partial charge is 0.323 e. The van der Waals surface area contributed by atoms with Crippen molar-refractivity contribution in [3.05, 3.63) is 18.5 Å². The van der Waals surface area contributed by atoms with Gasteiger partial charge >= 0.3 is 6.01 Å². The van der Waals surface area contributed by atoms with Crippen molar-refractivity contribution in [2.24, 2.45) is 0 Å². The molecule has 4 aromatic rings. The van der Waals surface area contributed by atoms with Gasteiger partial charge in [-0.2, -0.15) is 9.97 Å². The Balaban J connectivity index is 1.35. The maximum absolute atomic E-state index is 10.5. The Labute approximate surface area is 241 Å². The molecule has 1 unspecified atom stereocenters. The number of rotatable bonds is 9. The van der Waals surface area contributed by atoms with E-state index in [1.54, 1.807) is 6.92 Å². The molecule has 2 aliphatic heterocycles. The lowest BCUT2D eigenvalue weighted by atomic mass is 10.1. The molecule has 6 heterocycles. The Morgan fingerprint density at radius 3 is 1.79 bits per heavy atom. The molecule has 20 nitrogen and oxygen atoms in total. The van der Waals surface area contributed by atoms with E-state index in [4.69, 9.17) is 30.4 Å². The number of nitrogens with two attached hydrogens (primary N) is 2. The summed E-state index contributed by atoms with van der Waals surface area (Å²) in [6, 6.07) is -0.295. The molecule has 0 saturated carbocycles. The molecule has 2 fully saturated rings. The first kappa shape index (κ1) is 29.2. The molecule has 2 aliphatic rings. The average Bonchev–Trinajstić information content (AvgIpc) is 3.74. The van der Waals surface area contributed by atoms with Crippen LogP contribution in [0, 0.1) is 0 Å². The highest BCUT2D eigenvalue weighted by Gasteiger charge is 2.45. The third-order valence-electron chi connectivity index (χ3n) is 7.22. The number of anilines is 2. The van der Waals surface area contributed by atoms with Gasteiger partial charge in [-0.05, 0) is 6.92 Å². The van der Waals surface area contributed by atoms with E-state index in [0.717, 1.165) is 0 Å². The molecule has 20 heteroatoms. The van der Waals surface area contributed by atoms with Crippen LogP contribution in [0.2, 0.25) is 0 Å². The summed E-state index contributed by atoms with van der Waals surface area (Å²) < 4.78 is 25.5. The molecule has 9 atom stereocenters. The lowest BCUT2D eigenvalue weighted by Crippen LogP contribution is -2.33. The van der Waals surface area contributed by atoms with Crippen LogP contribution < -0.4 is 16.2 Å². The fourth-order valence-electron chi connectivity index (χ4n) is 5.03. The molecule has 6 rings (SSSR count). The largest absolute Gasteiger partial charge is 0.425 e. The number of aliphatic hydroxyl groups excluding tert-OH is 6. The van der Waals surface area contributed by atoms with Gasteiger partial charge in [-0.1, -0.05) is 0 Å². The molecular weight excluding hydrogens is 576 g/mol. The second-order valence-electron chi connectivity index (χ2n) is 9.87. The Hall–Kier alpha value is -3.86. The zero-order valence-corrected chi connectivity index (χ0v) is 22.5. The summed E-state index contributed by atoms with van der Waals surface area (Å²) in [5.74, 6) is -0.226. The minimum Gasteiger partial charge on any atom is -0.425 e. The van der Waals surface area contributed by atoms with Gasteiger partial charge in [-0.3, -0.25) is 9.13 Å². The van der Waals surface area contributed by atoms with Crippen LogP contribution >= 0.6 is 0 Å². The molecule has 232 valence electrons. The number of aliphatic hydroxyl groups is 6. The lowest BCUT2D eigenvalue weighted by Gasteiger charge is -2.19. The average molecular weight is 607 g/mol. The highest BCUT2D eigenvalue weighted by molar-refractivity contribution is 5.82. The summed E-state index contributed by atoms with van der Waals surface area (Å²) in [5, 5.41) is 60.4. The first-order chi connectivity index (χ1) is 20.7. The van der Waals surface area contributed by atoms with E-state index in [-0.39, 0.29) is 52.4 Å². The quantitative estimate of drug-likeness (QED) is 0.0856. The molecule has 0 spiro atoms. The van der Waals surface area contributed by atoms with E-state index in [0.29, 0.717) is 0 Å². The van der Waals surface area contributed by atoms with Crippen LogP contribution in [0.15, 0.2) is 12.7 Å². The summed E-state index contributed by atoms with van der Waals surface area (Å²) in [6.07, 6.45) is -8.64. The van der Waals surface area contributed by atoms with E-state index in [2.05, 4.69) is 29.9 Å². The molecular formula is C23H30N10O10. The van der Waals surface area contributed by atoms with Crippen LogP contribution in [0.3, 0.4) is 0 Å². The van der Waals surface area contributed by atoms with E-state index in [1.165, 1.54) is 21.8 Å². The van der Waals surface area contributed by atoms with Gasteiger partial charge in [0.2, 0.25) is 5.82 Å². The highest BCUT2D eigenvalue weighted by Crippen LogP contribution is 2.34. The first-order valence-electron chi connectivity index (χ1n) is 13.2. The standard InChI is InChI=1S/C23H30N10O10/c1-2-40-22(17-28-15(24)9-18(30-17)32(5-26-9)20-13(38)11(36)7(3-34)41-20)43-23-29-16(25)10-19(31-23)33(6-27-10)21-14(39)12(37)8(4-35)42-21/h5-8,11-14,20-22,34-39H,2-4H2,1H3,(H2,24,28,30)(H2,25,29,31)/t7-,8-,11-,12-,13-,14-,20-,21-,22?/m1/s1. The molecule has 0 amide bonds. The van der Waals surface area contributed by atoms with Gasteiger partial charge in [0.25, 0.3) is 6.29 Å². The Morgan fingerprint density at radius 1 is 0.791 bits per heavy atom. The number of nitrogens with zero attached hydrogens (tertiary/aromatic N) is 8. The van der Waals surface area contributed by atoms with Gasteiger partial charge in [-0.15, -0.1) is 0 Å². The van der Waals surface area contributed by atoms with Crippen LogP contribution in [0.1, 0.15) is 31.5 Å².